The molecule has 1 radical (unpaired) electrons. The largest absolute Gasteiger partial charge is 0.269 e. The lowest BCUT2D eigenvalue weighted by Gasteiger charge is -1.96. The quantitative estimate of drug-likeness (QED) is 0.468. The predicted octanol–water partition coefficient (Wildman–Crippen LogP) is 2.09. The van der Waals surface area contributed by atoms with Gasteiger partial charge < -0.3 is 0 Å². The number of rotatable bonds is 1. The maximum atomic E-state index is 10.4. The van der Waals surface area contributed by atoms with E-state index in [-0.39, 0.29) is 10.6 Å². The van der Waals surface area contributed by atoms with Crippen LogP contribution in [0.25, 0.3) is 0 Å². The molecule has 1 aliphatic rings. The second-order valence-corrected chi connectivity index (χ2v) is 2.88. The highest BCUT2D eigenvalue weighted by molar-refractivity contribution is 5.45. The van der Waals surface area contributed by atoms with Crippen LogP contribution in [0, 0.1) is 16.5 Å². The normalized spacial score (nSPS) is 14.3. The Morgan fingerprint density at radius 3 is 3.00 bits per heavy atom. The molecule has 0 bridgehead atoms. The summed E-state index contributed by atoms with van der Waals surface area (Å²) in [5, 5.41) is 10.4. The molecular formula is C9H8NO2. The summed E-state index contributed by atoms with van der Waals surface area (Å²) >= 11 is 0. The van der Waals surface area contributed by atoms with Gasteiger partial charge in [0.25, 0.3) is 5.69 Å². The Labute approximate surface area is 70.2 Å². The van der Waals surface area contributed by atoms with Gasteiger partial charge in [0.15, 0.2) is 0 Å². The Morgan fingerprint density at radius 1 is 1.42 bits per heavy atom. The summed E-state index contributed by atoms with van der Waals surface area (Å²) in [6.45, 7) is 0. The number of fused-ring (bicyclic) bond motifs is 1. The first-order chi connectivity index (χ1) is 5.77. The van der Waals surface area contributed by atoms with E-state index in [1.165, 1.54) is 0 Å². The minimum absolute atomic E-state index is 0.198. The molecule has 0 heterocycles. The van der Waals surface area contributed by atoms with Crippen molar-refractivity contribution in [3.8, 4) is 0 Å². The molecule has 1 aliphatic carbocycles. The van der Waals surface area contributed by atoms with E-state index in [1.54, 1.807) is 12.1 Å². The van der Waals surface area contributed by atoms with Gasteiger partial charge in [0, 0.05) is 12.1 Å². The number of nitro groups is 1. The second kappa shape index (κ2) is 2.59. The van der Waals surface area contributed by atoms with Crippen molar-refractivity contribution < 1.29 is 4.92 Å². The van der Waals surface area contributed by atoms with E-state index in [0.717, 1.165) is 24.0 Å². The molecule has 2 rings (SSSR count). The molecule has 61 valence electrons. The minimum atomic E-state index is -0.349. The second-order valence-electron chi connectivity index (χ2n) is 2.88. The zero-order valence-corrected chi connectivity index (χ0v) is 6.49. The van der Waals surface area contributed by atoms with Crippen molar-refractivity contribution in [2.45, 2.75) is 12.8 Å². The van der Waals surface area contributed by atoms with E-state index >= 15 is 0 Å². The Bertz CT molecular complexity index is 333. The fourth-order valence-electron chi connectivity index (χ4n) is 1.50. The van der Waals surface area contributed by atoms with Crippen molar-refractivity contribution in [3.63, 3.8) is 0 Å². The molecule has 0 amide bonds. The summed E-state index contributed by atoms with van der Waals surface area (Å²) in [4.78, 5) is 10.0. The van der Waals surface area contributed by atoms with Crippen LogP contribution in [0.1, 0.15) is 17.5 Å². The van der Waals surface area contributed by atoms with Gasteiger partial charge in [-0.1, -0.05) is 6.07 Å². The van der Waals surface area contributed by atoms with E-state index in [9.17, 15) is 10.1 Å². The molecular weight excluding hydrogens is 154 g/mol. The van der Waals surface area contributed by atoms with E-state index < -0.39 is 0 Å². The number of nitro benzene ring substituents is 1. The number of hydrogen-bond acceptors (Lipinski definition) is 2. The molecule has 1 aromatic rings. The van der Waals surface area contributed by atoms with Crippen molar-refractivity contribution in [1.82, 2.24) is 0 Å². The smallest absolute Gasteiger partial charge is 0.258 e. The number of benzene rings is 1. The summed E-state index contributed by atoms with van der Waals surface area (Å²) in [6, 6.07) is 5.04. The fourth-order valence-corrected chi connectivity index (χ4v) is 1.50. The highest BCUT2D eigenvalue weighted by atomic mass is 16.6. The summed E-state index contributed by atoms with van der Waals surface area (Å²) in [7, 11) is 0. The van der Waals surface area contributed by atoms with Gasteiger partial charge in [0.05, 0.1) is 4.92 Å². The lowest BCUT2D eigenvalue weighted by molar-refractivity contribution is -0.384. The topological polar surface area (TPSA) is 43.1 Å². The van der Waals surface area contributed by atoms with Crippen LogP contribution in [0.15, 0.2) is 18.2 Å². The van der Waals surface area contributed by atoms with Gasteiger partial charge in [0.2, 0.25) is 0 Å². The summed E-state index contributed by atoms with van der Waals surface area (Å²) in [5.41, 5.74) is 2.45. The molecule has 1 aromatic carbocycles. The predicted molar refractivity (Wildman–Crippen MR) is 44.8 cm³/mol. The van der Waals surface area contributed by atoms with Gasteiger partial charge >= 0.3 is 0 Å². The van der Waals surface area contributed by atoms with Crippen LogP contribution in [-0.4, -0.2) is 4.92 Å². The van der Waals surface area contributed by atoms with Crippen LogP contribution >= 0.6 is 0 Å². The van der Waals surface area contributed by atoms with Gasteiger partial charge in [-0.15, -0.1) is 0 Å². The van der Waals surface area contributed by atoms with E-state index in [2.05, 4.69) is 6.42 Å². The number of hydrogen-bond donors (Lipinski definition) is 0. The highest BCUT2D eigenvalue weighted by Crippen LogP contribution is 2.26. The van der Waals surface area contributed by atoms with Gasteiger partial charge in [-0.25, -0.2) is 0 Å². The van der Waals surface area contributed by atoms with Crippen LogP contribution in [0.3, 0.4) is 0 Å². The number of aryl methyl sites for hydroxylation is 1. The molecule has 0 fully saturated rings. The van der Waals surface area contributed by atoms with Crippen molar-refractivity contribution in [3.05, 3.63) is 45.9 Å². The standard InChI is InChI=1S/C9H8NO2/c11-10(12)9-5-4-7-2-1-3-8(7)6-9/h2,4-6H,1,3H2. The Morgan fingerprint density at radius 2 is 2.25 bits per heavy atom. The van der Waals surface area contributed by atoms with Crippen LogP contribution in [0.2, 0.25) is 0 Å². The molecule has 3 heteroatoms. The highest BCUT2D eigenvalue weighted by Gasteiger charge is 2.14. The van der Waals surface area contributed by atoms with Gasteiger partial charge in [-0.05, 0) is 30.4 Å². The SMILES string of the molecule is O=[N+]([O-])c1ccc2c(c1)CC[CH]2. The molecule has 0 saturated carbocycles. The van der Waals surface area contributed by atoms with Gasteiger partial charge in [-0.2, -0.15) is 0 Å². The Hall–Kier alpha value is -1.38. The monoisotopic (exact) mass is 162 g/mol. The van der Waals surface area contributed by atoms with Crippen molar-refractivity contribution in [1.29, 1.82) is 0 Å². The first-order valence-corrected chi connectivity index (χ1v) is 3.88. The molecule has 12 heavy (non-hydrogen) atoms. The van der Waals surface area contributed by atoms with Crippen LogP contribution in [0.5, 0.6) is 0 Å². The van der Waals surface area contributed by atoms with E-state index in [0.29, 0.717) is 0 Å². The molecule has 0 atom stereocenters. The molecule has 0 unspecified atom stereocenters. The van der Waals surface area contributed by atoms with Crippen molar-refractivity contribution >= 4 is 5.69 Å². The molecule has 0 N–H and O–H groups in total. The minimum Gasteiger partial charge on any atom is -0.258 e. The lowest BCUT2D eigenvalue weighted by atomic mass is 10.1. The zero-order valence-electron chi connectivity index (χ0n) is 6.49. The zero-order chi connectivity index (χ0) is 8.55. The van der Waals surface area contributed by atoms with Crippen molar-refractivity contribution in [2.75, 3.05) is 0 Å². The lowest BCUT2D eigenvalue weighted by Crippen LogP contribution is -1.89. The molecule has 0 saturated heterocycles. The fraction of sp³-hybridized carbons (Fsp3) is 0.222. The average Bonchev–Trinajstić information content (AvgIpc) is 2.49. The Kier molecular flexibility index (Phi) is 1.57. The summed E-state index contributed by atoms with van der Waals surface area (Å²) < 4.78 is 0. The first-order valence-electron chi connectivity index (χ1n) is 3.88. The third-order valence-corrected chi connectivity index (χ3v) is 2.12. The maximum absolute atomic E-state index is 10.4. The maximum Gasteiger partial charge on any atom is 0.269 e. The summed E-state index contributed by atoms with van der Waals surface area (Å²) in [5.74, 6) is 0. The molecule has 0 aliphatic heterocycles. The Balaban J connectivity index is 2.45. The average molecular weight is 162 g/mol. The third kappa shape index (κ3) is 1.07. The first kappa shape index (κ1) is 7.28. The van der Waals surface area contributed by atoms with E-state index in [1.807, 2.05) is 6.07 Å². The number of non-ortho nitro benzene ring substituents is 1. The third-order valence-electron chi connectivity index (χ3n) is 2.12. The van der Waals surface area contributed by atoms with Gasteiger partial charge in [-0.3, -0.25) is 10.1 Å². The van der Waals surface area contributed by atoms with Crippen LogP contribution < -0.4 is 0 Å². The number of nitrogens with zero attached hydrogens (tertiary/aromatic N) is 1. The van der Waals surface area contributed by atoms with Crippen molar-refractivity contribution in [2.24, 2.45) is 0 Å². The van der Waals surface area contributed by atoms with E-state index in [4.69, 9.17) is 0 Å². The van der Waals surface area contributed by atoms with Gasteiger partial charge in [0.1, 0.15) is 0 Å². The molecule has 0 spiro atoms. The molecule has 0 aromatic heterocycles. The molecule has 3 nitrogen and oxygen atoms in total. The van der Waals surface area contributed by atoms with Crippen LogP contribution in [0.4, 0.5) is 5.69 Å². The van der Waals surface area contributed by atoms with Crippen LogP contribution in [-0.2, 0) is 6.42 Å². The summed E-state index contributed by atoms with van der Waals surface area (Å²) in [6.07, 6.45) is 4.06.